The van der Waals surface area contributed by atoms with Crippen molar-refractivity contribution < 1.29 is 0 Å². The van der Waals surface area contributed by atoms with Gasteiger partial charge in [-0.2, -0.15) is 0 Å². The molecule has 0 radical (unpaired) electrons. The molecule has 0 saturated heterocycles. The minimum Gasteiger partial charge on any atom is -0.333 e. The van der Waals surface area contributed by atoms with Crippen molar-refractivity contribution in [3.05, 3.63) is 17.7 Å². The van der Waals surface area contributed by atoms with Crippen LogP contribution in [0.1, 0.15) is 32.2 Å². The maximum absolute atomic E-state index is 4.31. The van der Waals surface area contributed by atoms with Crippen molar-refractivity contribution >= 4 is 0 Å². The number of aromatic nitrogens is 2. The standard InChI is InChI=1S/C14H28N4/c1-11(2)17(6)9-12(3)15-7-8-18-10-16-13(4)14(18)5/h10-12,15H,7-9H2,1-6H3/t12-/m1/s1. The molecule has 0 aliphatic carbocycles. The second-order valence-corrected chi connectivity index (χ2v) is 5.50. The second-order valence-electron chi connectivity index (χ2n) is 5.50. The van der Waals surface area contributed by atoms with Gasteiger partial charge in [-0.15, -0.1) is 0 Å². The van der Waals surface area contributed by atoms with Gasteiger partial charge in [-0.1, -0.05) is 0 Å². The molecule has 1 rings (SSSR count). The van der Waals surface area contributed by atoms with E-state index in [-0.39, 0.29) is 0 Å². The molecule has 1 aromatic rings. The van der Waals surface area contributed by atoms with E-state index in [4.69, 9.17) is 0 Å². The highest BCUT2D eigenvalue weighted by Gasteiger charge is 2.08. The number of rotatable bonds is 7. The van der Waals surface area contributed by atoms with Crippen LogP contribution in [0.15, 0.2) is 6.33 Å². The maximum Gasteiger partial charge on any atom is 0.0951 e. The van der Waals surface area contributed by atoms with Crippen LogP contribution in [0, 0.1) is 13.8 Å². The molecule has 0 aliphatic rings. The van der Waals surface area contributed by atoms with Crippen molar-refractivity contribution in [2.75, 3.05) is 20.1 Å². The van der Waals surface area contributed by atoms with Gasteiger partial charge in [0.15, 0.2) is 0 Å². The molecule has 104 valence electrons. The van der Waals surface area contributed by atoms with Gasteiger partial charge in [0, 0.05) is 37.4 Å². The molecule has 0 aliphatic heterocycles. The summed E-state index contributed by atoms with van der Waals surface area (Å²) in [5.41, 5.74) is 2.39. The van der Waals surface area contributed by atoms with Gasteiger partial charge in [-0.25, -0.2) is 4.98 Å². The van der Waals surface area contributed by atoms with Crippen LogP contribution in [0.25, 0.3) is 0 Å². The predicted octanol–water partition coefficient (Wildman–Crippen LogP) is 1.82. The Labute approximate surface area is 111 Å². The van der Waals surface area contributed by atoms with Gasteiger partial charge >= 0.3 is 0 Å². The molecule has 0 aromatic carbocycles. The SMILES string of the molecule is Cc1ncn(CCN[C@H](C)CN(C)C(C)C)c1C. The number of hydrogen-bond donors (Lipinski definition) is 1. The highest BCUT2D eigenvalue weighted by atomic mass is 15.1. The van der Waals surface area contributed by atoms with Crippen LogP contribution >= 0.6 is 0 Å². The van der Waals surface area contributed by atoms with E-state index in [0.717, 1.165) is 25.3 Å². The molecule has 1 aromatic heterocycles. The molecule has 0 saturated carbocycles. The van der Waals surface area contributed by atoms with Gasteiger partial charge in [-0.05, 0) is 41.7 Å². The van der Waals surface area contributed by atoms with E-state index < -0.39 is 0 Å². The van der Waals surface area contributed by atoms with Crippen LogP contribution in [-0.2, 0) is 6.54 Å². The smallest absolute Gasteiger partial charge is 0.0951 e. The van der Waals surface area contributed by atoms with Crippen molar-refractivity contribution in [1.82, 2.24) is 19.8 Å². The number of aryl methyl sites for hydroxylation is 1. The predicted molar refractivity (Wildman–Crippen MR) is 76.9 cm³/mol. The van der Waals surface area contributed by atoms with Crippen LogP contribution < -0.4 is 5.32 Å². The van der Waals surface area contributed by atoms with Crippen LogP contribution in [-0.4, -0.2) is 46.7 Å². The normalized spacial score (nSPS) is 13.6. The third kappa shape index (κ3) is 4.42. The summed E-state index contributed by atoms with van der Waals surface area (Å²) in [5, 5.41) is 3.56. The van der Waals surface area contributed by atoms with Gasteiger partial charge in [0.25, 0.3) is 0 Å². The number of nitrogens with zero attached hydrogens (tertiary/aromatic N) is 3. The number of hydrogen-bond acceptors (Lipinski definition) is 3. The summed E-state index contributed by atoms with van der Waals surface area (Å²) < 4.78 is 2.21. The van der Waals surface area contributed by atoms with Gasteiger partial charge in [-0.3, -0.25) is 0 Å². The topological polar surface area (TPSA) is 33.1 Å². The lowest BCUT2D eigenvalue weighted by molar-refractivity contribution is 0.246. The van der Waals surface area contributed by atoms with Gasteiger partial charge < -0.3 is 14.8 Å². The van der Waals surface area contributed by atoms with Crippen molar-refractivity contribution in [2.24, 2.45) is 0 Å². The largest absolute Gasteiger partial charge is 0.333 e. The lowest BCUT2D eigenvalue weighted by Crippen LogP contribution is -2.41. The van der Waals surface area contributed by atoms with Crippen molar-refractivity contribution in [3.8, 4) is 0 Å². The van der Waals surface area contributed by atoms with E-state index >= 15 is 0 Å². The summed E-state index contributed by atoms with van der Waals surface area (Å²) in [6.07, 6.45) is 1.93. The third-order valence-corrected chi connectivity index (χ3v) is 3.63. The average molecular weight is 252 g/mol. The maximum atomic E-state index is 4.31. The highest BCUT2D eigenvalue weighted by Crippen LogP contribution is 2.03. The molecule has 0 unspecified atom stereocenters. The monoisotopic (exact) mass is 252 g/mol. The summed E-state index contributed by atoms with van der Waals surface area (Å²) in [5.74, 6) is 0. The summed E-state index contributed by atoms with van der Waals surface area (Å²) in [6.45, 7) is 13.9. The van der Waals surface area contributed by atoms with E-state index in [2.05, 4.69) is 61.4 Å². The Morgan fingerprint density at radius 2 is 2.00 bits per heavy atom. The van der Waals surface area contributed by atoms with Crippen molar-refractivity contribution in [1.29, 1.82) is 0 Å². The lowest BCUT2D eigenvalue weighted by atomic mass is 10.2. The minimum atomic E-state index is 0.516. The minimum absolute atomic E-state index is 0.516. The summed E-state index contributed by atoms with van der Waals surface area (Å²) in [4.78, 5) is 6.68. The Balaban J connectivity index is 2.27. The first-order valence-electron chi connectivity index (χ1n) is 6.83. The van der Waals surface area contributed by atoms with Gasteiger partial charge in [0.2, 0.25) is 0 Å². The van der Waals surface area contributed by atoms with Crippen LogP contribution in [0.5, 0.6) is 0 Å². The second kappa shape index (κ2) is 6.90. The molecule has 4 nitrogen and oxygen atoms in total. The van der Waals surface area contributed by atoms with E-state index in [0.29, 0.717) is 12.1 Å². The van der Waals surface area contributed by atoms with Crippen LogP contribution in [0.3, 0.4) is 0 Å². The van der Waals surface area contributed by atoms with E-state index in [1.54, 1.807) is 0 Å². The molecular formula is C14H28N4. The molecule has 1 N–H and O–H groups in total. The Kier molecular flexibility index (Phi) is 5.82. The molecule has 1 atom stereocenters. The zero-order valence-corrected chi connectivity index (χ0v) is 12.7. The lowest BCUT2D eigenvalue weighted by Gasteiger charge is -2.25. The average Bonchev–Trinajstić information content (AvgIpc) is 2.60. The Bertz CT molecular complexity index is 357. The first-order chi connectivity index (χ1) is 8.41. The molecule has 0 spiro atoms. The summed E-state index contributed by atoms with van der Waals surface area (Å²) in [6, 6.07) is 1.12. The van der Waals surface area contributed by atoms with Crippen LogP contribution in [0.4, 0.5) is 0 Å². The quantitative estimate of drug-likeness (QED) is 0.803. The molecule has 0 bridgehead atoms. The van der Waals surface area contributed by atoms with Gasteiger partial charge in [0.1, 0.15) is 0 Å². The number of imidazole rings is 1. The van der Waals surface area contributed by atoms with E-state index in [1.807, 2.05) is 6.33 Å². The number of nitrogens with one attached hydrogen (secondary N) is 1. The molecule has 0 fully saturated rings. The first-order valence-corrected chi connectivity index (χ1v) is 6.83. The molecule has 18 heavy (non-hydrogen) atoms. The Morgan fingerprint density at radius 1 is 1.33 bits per heavy atom. The number of likely N-dealkylation sites (N-methyl/N-ethyl adjacent to an activating group) is 1. The third-order valence-electron chi connectivity index (χ3n) is 3.63. The van der Waals surface area contributed by atoms with E-state index in [1.165, 1.54) is 5.69 Å². The Hall–Kier alpha value is -0.870. The Morgan fingerprint density at radius 3 is 2.50 bits per heavy atom. The molecular weight excluding hydrogens is 224 g/mol. The molecule has 0 amide bonds. The fraction of sp³-hybridized carbons (Fsp3) is 0.786. The zero-order valence-electron chi connectivity index (χ0n) is 12.7. The van der Waals surface area contributed by atoms with E-state index in [9.17, 15) is 0 Å². The molecule has 4 heteroatoms. The summed E-state index contributed by atoms with van der Waals surface area (Å²) >= 11 is 0. The zero-order chi connectivity index (χ0) is 13.7. The van der Waals surface area contributed by atoms with Crippen molar-refractivity contribution in [3.63, 3.8) is 0 Å². The first kappa shape index (κ1) is 15.2. The molecule has 1 heterocycles. The fourth-order valence-corrected chi connectivity index (χ4v) is 1.91. The van der Waals surface area contributed by atoms with Crippen LogP contribution in [0.2, 0.25) is 0 Å². The van der Waals surface area contributed by atoms with Gasteiger partial charge in [0.05, 0.1) is 12.0 Å². The summed E-state index contributed by atoms with van der Waals surface area (Å²) in [7, 11) is 2.17. The fourth-order valence-electron chi connectivity index (χ4n) is 1.91. The highest BCUT2D eigenvalue weighted by molar-refractivity contribution is 5.08. The van der Waals surface area contributed by atoms with Crippen molar-refractivity contribution in [2.45, 2.75) is 53.2 Å².